The molecule has 0 aromatic heterocycles. The number of benzene rings is 3. The molecule has 0 bridgehead atoms. The standard InChI is InChI=1S/C24H20/c1-4-16(2)13-23-17(3)9-11-22-21(23)12-10-20-14-18-7-5-6-8-19(18)15-24(20)22/h1,5-8,10,12-15H,9,11H2,2-3H3/b16-13+. The topological polar surface area (TPSA) is 0 Å². The minimum absolute atomic E-state index is 0.982. The van der Waals surface area contributed by atoms with Crippen molar-refractivity contribution in [3.63, 3.8) is 0 Å². The van der Waals surface area contributed by atoms with Gasteiger partial charge in [0.25, 0.3) is 0 Å². The SMILES string of the molecule is C#C/C(C)=C/C1=C(C)CCc2c1ccc1cc3ccccc3cc21. The molecule has 0 saturated carbocycles. The van der Waals surface area contributed by atoms with Crippen LogP contribution in [-0.2, 0) is 6.42 Å². The van der Waals surface area contributed by atoms with Crippen LogP contribution in [0.1, 0.15) is 31.4 Å². The molecule has 0 amide bonds. The van der Waals surface area contributed by atoms with E-state index in [0.717, 1.165) is 18.4 Å². The Balaban J connectivity index is 2.01. The van der Waals surface area contributed by atoms with Crippen LogP contribution in [0.3, 0.4) is 0 Å². The summed E-state index contributed by atoms with van der Waals surface area (Å²) in [6, 6.07) is 17.8. The maximum absolute atomic E-state index is 5.57. The van der Waals surface area contributed by atoms with Crippen molar-refractivity contribution >= 4 is 27.1 Å². The Morgan fingerprint density at radius 1 is 1.00 bits per heavy atom. The molecule has 0 saturated heterocycles. The van der Waals surface area contributed by atoms with Gasteiger partial charge in [-0.2, -0.15) is 0 Å². The molecule has 0 N–H and O–H groups in total. The van der Waals surface area contributed by atoms with E-state index in [-0.39, 0.29) is 0 Å². The second-order valence-electron chi connectivity index (χ2n) is 6.68. The first-order valence-electron chi connectivity index (χ1n) is 8.47. The Morgan fingerprint density at radius 2 is 1.75 bits per heavy atom. The summed E-state index contributed by atoms with van der Waals surface area (Å²) in [5, 5.41) is 5.31. The quantitative estimate of drug-likeness (QED) is 0.366. The number of allylic oxidation sites excluding steroid dienone is 4. The van der Waals surface area contributed by atoms with Gasteiger partial charge >= 0.3 is 0 Å². The maximum Gasteiger partial charge on any atom is -0.000732 e. The Kier molecular flexibility index (Phi) is 3.51. The first kappa shape index (κ1) is 14.8. The van der Waals surface area contributed by atoms with Gasteiger partial charge in [0.05, 0.1) is 0 Å². The number of rotatable bonds is 1. The summed E-state index contributed by atoms with van der Waals surface area (Å²) >= 11 is 0. The third-order valence-electron chi connectivity index (χ3n) is 5.09. The molecule has 0 nitrogen and oxygen atoms in total. The van der Waals surface area contributed by atoms with Gasteiger partial charge in [-0.1, -0.05) is 47.9 Å². The van der Waals surface area contributed by atoms with Gasteiger partial charge < -0.3 is 0 Å². The zero-order valence-corrected chi connectivity index (χ0v) is 14.2. The van der Waals surface area contributed by atoms with Crippen LogP contribution >= 0.6 is 0 Å². The molecule has 0 fully saturated rings. The molecule has 24 heavy (non-hydrogen) atoms. The third-order valence-corrected chi connectivity index (χ3v) is 5.09. The van der Waals surface area contributed by atoms with Gasteiger partial charge in [0.1, 0.15) is 0 Å². The average Bonchev–Trinajstić information content (AvgIpc) is 2.61. The lowest BCUT2D eigenvalue weighted by atomic mass is 9.82. The normalized spacial score (nSPS) is 14.8. The van der Waals surface area contributed by atoms with Crippen molar-refractivity contribution in [3.05, 3.63) is 76.9 Å². The maximum atomic E-state index is 5.57. The van der Waals surface area contributed by atoms with Crippen molar-refractivity contribution in [1.29, 1.82) is 0 Å². The lowest BCUT2D eigenvalue weighted by Gasteiger charge is -2.22. The van der Waals surface area contributed by atoms with E-state index in [1.54, 1.807) is 0 Å². The molecule has 0 spiro atoms. The first-order chi connectivity index (χ1) is 11.7. The first-order valence-corrected chi connectivity index (χ1v) is 8.47. The van der Waals surface area contributed by atoms with Gasteiger partial charge in [0, 0.05) is 0 Å². The third kappa shape index (κ3) is 2.34. The Labute approximate surface area is 143 Å². The summed E-state index contributed by atoms with van der Waals surface area (Å²) in [6.45, 7) is 4.23. The van der Waals surface area contributed by atoms with E-state index in [1.807, 2.05) is 6.92 Å². The van der Waals surface area contributed by atoms with Gasteiger partial charge in [0.2, 0.25) is 0 Å². The van der Waals surface area contributed by atoms with E-state index in [2.05, 4.69) is 67.5 Å². The highest BCUT2D eigenvalue weighted by Crippen LogP contribution is 2.38. The average molecular weight is 308 g/mol. The fourth-order valence-corrected chi connectivity index (χ4v) is 3.73. The fraction of sp³-hybridized carbons (Fsp3) is 0.167. The van der Waals surface area contributed by atoms with Gasteiger partial charge in [0.15, 0.2) is 0 Å². The Hall–Kier alpha value is -2.78. The van der Waals surface area contributed by atoms with E-state index >= 15 is 0 Å². The Bertz CT molecular complexity index is 1070. The van der Waals surface area contributed by atoms with Gasteiger partial charge in [-0.15, -0.1) is 6.42 Å². The van der Waals surface area contributed by atoms with Gasteiger partial charge in [-0.25, -0.2) is 0 Å². The molecule has 0 radical (unpaired) electrons. The highest BCUT2D eigenvalue weighted by molar-refractivity contribution is 6.02. The molecule has 4 rings (SSSR count). The Morgan fingerprint density at radius 3 is 2.50 bits per heavy atom. The number of aryl methyl sites for hydroxylation is 1. The second-order valence-corrected chi connectivity index (χ2v) is 6.68. The molecule has 0 heteroatoms. The minimum atomic E-state index is 0.982. The fourth-order valence-electron chi connectivity index (χ4n) is 3.73. The van der Waals surface area contributed by atoms with E-state index in [9.17, 15) is 0 Å². The molecule has 0 unspecified atom stereocenters. The monoisotopic (exact) mass is 308 g/mol. The zero-order chi connectivity index (χ0) is 16.7. The van der Waals surface area contributed by atoms with Crippen molar-refractivity contribution in [3.8, 4) is 12.3 Å². The van der Waals surface area contributed by atoms with Crippen LogP contribution in [0.15, 0.2) is 65.8 Å². The van der Waals surface area contributed by atoms with Gasteiger partial charge in [-0.3, -0.25) is 0 Å². The number of terminal acetylenes is 1. The van der Waals surface area contributed by atoms with Crippen molar-refractivity contribution in [1.82, 2.24) is 0 Å². The van der Waals surface area contributed by atoms with Gasteiger partial charge in [-0.05, 0) is 88.7 Å². The zero-order valence-electron chi connectivity index (χ0n) is 14.2. The van der Waals surface area contributed by atoms with Crippen LogP contribution in [0, 0.1) is 12.3 Å². The highest BCUT2D eigenvalue weighted by atomic mass is 14.2. The highest BCUT2D eigenvalue weighted by Gasteiger charge is 2.17. The lowest BCUT2D eigenvalue weighted by molar-refractivity contribution is 0.929. The van der Waals surface area contributed by atoms with Crippen molar-refractivity contribution in [2.45, 2.75) is 26.7 Å². The summed E-state index contributed by atoms with van der Waals surface area (Å²) in [5.41, 5.74) is 6.52. The van der Waals surface area contributed by atoms with Crippen LogP contribution in [0.5, 0.6) is 0 Å². The molecule has 3 aromatic rings. The number of hydrogen-bond donors (Lipinski definition) is 0. The molecular weight excluding hydrogens is 288 g/mol. The molecular formula is C24H20. The summed E-state index contributed by atoms with van der Waals surface area (Å²) in [7, 11) is 0. The van der Waals surface area contributed by atoms with E-state index < -0.39 is 0 Å². The number of fused-ring (bicyclic) bond motifs is 4. The summed E-state index contributed by atoms with van der Waals surface area (Å²) in [5.74, 6) is 2.75. The number of hydrogen-bond acceptors (Lipinski definition) is 0. The molecule has 0 aliphatic heterocycles. The second kappa shape index (κ2) is 5.69. The van der Waals surface area contributed by atoms with E-state index in [4.69, 9.17) is 6.42 Å². The van der Waals surface area contributed by atoms with Crippen LogP contribution in [0.25, 0.3) is 27.1 Å². The molecule has 0 atom stereocenters. The molecule has 1 aliphatic carbocycles. The van der Waals surface area contributed by atoms with Crippen LogP contribution in [0.4, 0.5) is 0 Å². The van der Waals surface area contributed by atoms with Crippen molar-refractivity contribution < 1.29 is 0 Å². The predicted octanol–water partition coefficient (Wildman–Crippen LogP) is 6.29. The van der Waals surface area contributed by atoms with Crippen LogP contribution in [0.2, 0.25) is 0 Å². The molecule has 3 aromatic carbocycles. The minimum Gasteiger partial charge on any atom is -0.115 e. The largest absolute Gasteiger partial charge is 0.115 e. The summed E-state index contributed by atoms with van der Waals surface area (Å²) < 4.78 is 0. The van der Waals surface area contributed by atoms with E-state index in [1.165, 1.54) is 43.8 Å². The van der Waals surface area contributed by atoms with Crippen molar-refractivity contribution in [2.75, 3.05) is 0 Å². The summed E-state index contributed by atoms with van der Waals surface area (Å²) in [4.78, 5) is 0. The van der Waals surface area contributed by atoms with Crippen molar-refractivity contribution in [2.24, 2.45) is 0 Å². The smallest absolute Gasteiger partial charge is 0.000732 e. The lowest BCUT2D eigenvalue weighted by Crippen LogP contribution is -2.03. The predicted molar refractivity (Wildman–Crippen MR) is 105 cm³/mol. The molecule has 1 aliphatic rings. The molecule has 0 heterocycles. The summed E-state index contributed by atoms with van der Waals surface area (Å²) in [6.07, 6.45) is 9.93. The van der Waals surface area contributed by atoms with Crippen LogP contribution in [-0.4, -0.2) is 0 Å². The van der Waals surface area contributed by atoms with E-state index in [0.29, 0.717) is 0 Å². The molecule has 116 valence electrons. The van der Waals surface area contributed by atoms with Crippen LogP contribution < -0.4 is 0 Å².